The van der Waals surface area contributed by atoms with Gasteiger partial charge < -0.3 is 14.3 Å². The first-order valence-corrected chi connectivity index (χ1v) is 8.78. The molecule has 7 nitrogen and oxygen atoms in total. The molecule has 1 saturated heterocycles. The van der Waals surface area contributed by atoms with Crippen molar-refractivity contribution in [1.29, 1.82) is 0 Å². The van der Waals surface area contributed by atoms with Crippen LogP contribution in [0.5, 0.6) is 0 Å². The highest BCUT2D eigenvalue weighted by Crippen LogP contribution is 2.26. The second kappa shape index (κ2) is 7.12. The Bertz CT molecular complexity index is 1160. The first-order valence-electron chi connectivity index (χ1n) is 8.78. The van der Waals surface area contributed by atoms with E-state index in [0.717, 1.165) is 5.56 Å². The summed E-state index contributed by atoms with van der Waals surface area (Å²) in [4.78, 5) is 35.8. The summed E-state index contributed by atoms with van der Waals surface area (Å²) in [5.41, 5.74) is 4.75. The summed E-state index contributed by atoms with van der Waals surface area (Å²) in [5.74, 6) is -1.45. The molecule has 0 aliphatic carbocycles. The minimum Gasteiger partial charge on any atom is -0.545 e. The van der Waals surface area contributed by atoms with Crippen LogP contribution < -0.4 is 15.5 Å². The van der Waals surface area contributed by atoms with E-state index in [0.29, 0.717) is 22.8 Å². The predicted molar refractivity (Wildman–Crippen MR) is 103 cm³/mol. The number of carboxylic acid groups (broad SMARTS) is 1. The topological polar surface area (TPSA) is 103 Å². The Hall–Kier alpha value is -4.13. The molecule has 1 aliphatic rings. The molecule has 1 fully saturated rings. The van der Waals surface area contributed by atoms with Crippen molar-refractivity contribution in [3.8, 4) is 11.3 Å². The summed E-state index contributed by atoms with van der Waals surface area (Å²) in [6.07, 6.45) is 1.38. The van der Waals surface area contributed by atoms with E-state index in [9.17, 15) is 19.5 Å². The minimum atomic E-state index is -1.26. The van der Waals surface area contributed by atoms with Gasteiger partial charge in [-0.05, 0) is 48.4 Å². The molecule has 3 aromatic rings. The molecular weight excluding hydrogens is 372 g/mol. The second-order valence-corrected chi connectivity index (χ2v) is 6.55. The lowest BCUT2D eigenvalue weighted by atomic mass is 10.1. The van der Waals surface area contributed by atoms with E-state index in [-0.39, 0.29) is 11.1 Å². The van der Waals surface area contributed by atoms with E-state index in [4.69, 9.17) is 4.42 Å². The standard InChI is InChI=1S/C22H16N2O5/c1-13-3-2-4-16(11-13)24-21(26)18(20(25)23-24)12-17-9-10-19(29-17)14-5-7-15(8-6-14)22(27)28/h2-12H,1H3,(H,23,25)(H,27,28)/p-1/b18-12-. The normalized spacial score (nSPS) is 15.1. The maximum absolute atomic E-state index is 12.7. The lowest BCUT2D eigenvalue weighted by molar-refractivity contribution is -0.255. The fourth-order valence-electron chi connectivity index (χ4n) is 3.00. The Labute approximate surface area is 165 Å². The number of carbonyl (C=O) groups is 3. The molecule has 0 unspecified atom stereocenters. The number of hydrazine groups is 1. The van der Waals surface area contributed by atoms with E-state index in [1.54, 1.807) is 42.5 Å². The van der Waals surface area contributed by atoms with Gasteiger partial charge in [0, 0.05) is 5.56 Å². The number of rotatable bonds is 4. The summed E-state index contributed by atoms with van der Waals surface area (Å²) < 4.78 is 5.70. The van der Waals surface area contributed by atoms with Crippen LogP contribution in [0.3, 0.4) is 0 Å². The average Bonchev–Trinajstić information content (AvgIpc) is 3.28. The van der Waals surface area contributed by atoms with Gasteiger partial charge in [0.15, 0.2) is 0 Å². The van der Waals surface area contributed by atoms with Crippen LogP contribution in [0.2, 0.25) is 0 Å². The molecule has 144 valence electrons. The van der Waals surface area contributed by atoms with Crippen molar-refractivity contribution in [3.05, 3.63) is 83.1 Å². The van der Waals surface area contributed by atoms with Crippen LogP contribution in [-0.2, 0) is 9.59 Å². The number of carboxylic acids is 1. The zero-order chi connectivity index (χ0) is 20.5. The number of carbonyl (C=O) groups excluding carboxylic acids is 3. The number of anilines is 1. The molecule has 0 spiro atoms. The molecule has 2 heterocycles. The van der Waals surface area contributed by atoms with Gasteiger partial charge in [-0.1, -0.05) is 36.4 Å². The van der Waals surface area contributed by atoms with Crippen molar-refractivity contribution < 1.29 is 23.9 Å². The van der Waals surface area contributed by atoms with Crippen LogP contribution in [0.25, 0.3) is 17.4 Å². The third-order valence-corrected chi connectivity index (χ3v) is 4.47. The summed E-state index contributed by atoms with van der Waals surface area (Å²) in [6.45, 7) is 1.90. The first kappa shape index (κ1) is 18.2. The highest BCUT2D eigenvalue weighted by molar-refractivity contribution is 6.31. The fraction of sp³-hybridized carbons (Fsp3) is 0.0455. The summed E-state index contributed by atoms with van der Waals surface area (Å²) in [6, 6.07) is 16.5. The molecular formula is C22H15N2O5-. The molecule has 2 amide bonds. The number of benzene rings is 2. The molecule has 0 radical (unpaired) electrons. The first-order chi connectivity index (χ1) is 13.9. The number of aromatic carboxylic acids is 1. The number of nitrogens with zero attached hydrogens (tertiary/aromatic N) is 1. The van der Waals surface area contributed by atoms with Crippen LogP contribution in [0.1, 0.15) is 21.7 Å². The van der Waals surface area contributed by atoms with E-state index in [2.05, 4.69) is 5.43 Å². The van der Waals surface area contributed by atoms with Crippen LogP contribution in [0, 0.1) is 6.92 Å². The predicted octanol–water partition coefficient (Wildman–Crippen LogP) is 2.08. The molecule has 2 aromatic carbocycles. The Morgan fingerprint density at radius 3 is 2.52 bits per heavy atom. The summed E-state index contributed by atoms with van der Waals surface area (Å²) >= 11 is 0. The zero-order valence-electron chi connectivity index (χ0n) is 15.3. The van der Waals surface area contributed by atoms with Crippen molar-refractivity contribution in [2.24, 2.45) is 0 Å². The summed E-state index contributed by atoms with van der Waals surface area (Å²) in [7, 11) is 0. The zero-order valence-corrected chi connectivity index (χ0v) is 15.3. The highest BCUT2D eigenvalue weighted by atomic mass is 16.4. The van der Waals surface area contributed by atoms with Gasteiger partial charge in [0.1, 0.15) is 17.1 Å². The van der Waals surface area contributed by atoms with Crippen LogP contribution >= 0.6 is 0 Å². The van der Waals surface area contributed by atoms with Gasteiger partial charge in [-0.25, -0.2) is 5.01 Å². The molecule has 1 N–H and O–H groups in total. The monoisotopic (exact) mass is 387 g/mol. The second-order valence-electron chi connectivity index (χ2n) is 6.55. The quantitative estimate of drug-likeness (QED) is 0.545. The largest absolute Gasteiger partial charge is 0.545 e. The van der Waals surface area contributed by atoms with Crippen molar-refractivity contribution in [3.63, 3.8) is 0 Å². The van der Waals surface area contributed by atoms with E-state index < -0.39 is 17.8 Å². The molecule has 1 aromatic heterocycles. The van der Waals surface area contributed by atoms with Gasteiger partial charge >= 0.3 is 0 Å². The molecule has 0 saturated carbocycles. The van der Waals surface area contributed by atoms with Crippen LogP contribution in [0.15, 0.2) is 70.7 Å². The number of hydrogen-bond acceptors (Lipinski definition) is 5. The van der Waals surface area contributed by atoms with Crippen LogP contribution in [0.4, 0.5) is 5.69 Å². The van der Waals surface area contributed by atoms with E-state index >= 15 is 0 Å². The van der Waals surface area contributed by atoms with Gasteiger partial charge in [0.05, 0.1) is 11.7 Å². The molecule has 0 atom stereocenters. The third-order valence-electron chi connectivity index (χ3n) is 4.47. The average molecular weight is 387 g/mol. The Balaban J connectivity index is 1.59. The Morgan fingerprint density at radius 2 is 1.83 bits per heavy atom. The maximum atomic E-state index is 12.7. The Kier molecular flexibility index (Phi) is 4.48. The lowest BCUT2D eigenvalue weighted by Gasteiger charge is -2.14. The van der Waals surface area contributed by atoms with Gasteiger partial charge in [0.2, 0.25) is 0 Å². The molecule has 7 heteroatoms. The molecule has 0 bridgehead atoms. The van der Waals surface area contributed by atoms with E-state index in [1.807, 2.05) is 13.0 Å². The van der Waals surface area contributed by atoms with Gasteiger partial charge in [0.25, 0.3) is 11.8 Å². The smallest absolute Gasteiger partial charge is 0.282 e. The van der Waals surface area contributed by atoms with Crippen LogP contribution in [-0.4, -0.2) is 17.8 Å². The molecule has 4 rings (SSSR count). The lowest BCUT2D eigenvalue weighted by Crippen LogP contribution is -2.35. The molecule has 1 aliphatic heterocycles. The SMILES string of the molecule is Cc1cccc(N2NC(=O)/C(=C/c3ccc(-c4ccc(C(=O)[O-])cc4)o3)C2=O)c1. The van der Waals surface area contributed by atoms with Gasteiger partial charge in [-0.15, -0.1) is 0 Å². The fourth-order valence-corrected chi connectivity index (χ4v) is 3.00. The number of nitrogens with one attached hydrogen (secondary N) is 1. The summed E-state index contributed by atoms with van der Waals surface area (Å²) in [5, 5.41) is 12.0. The van der Waals surface area contributed by atoms with Gasteiger partial charge in [-0.3, -0.25) is 15.0 Å². The third kappa shape index (κ3) is 3.53. The minimum absolute atomic E-state index is 0.0419. The highest BCUT2D eigenvalue weighted by Gasteiger charge is 2.34. The van der Waals surface area contributed by atoms with Crippen molar-refractivity contribution in [1.82, 2.24) is 5.43 Å². The van der Waals surface area contributed by atoms with E-state index in [1.165, 1.54) is 23.2 Å². The number of amides is 2. The molecule has 29 heavy (non-hydrogen) atoms. The Morgan fingerprint density at radius 1 is 1.07 bits per heavy atom. The number of aryl methyl sites for hydroxylation is 1. The van der Waals surface area contributed by atoms with Crippen molar-refractivity contribution in [2.45, 2.75) is 6.92 Å². The number of hydrogen-bond donors (Lipinski definition) is 1. The van der Waals surface area contributed by atoms with Gasteiger partial charge in [-0.2, -0.15) is 0 Å². The van der Waals surface area contributed by atoms with Crippen molar-refractivity contribution >= 4 is 29.5 Å². The van der Waals surface area contributed by atoms with Crippen molar-refractivity contribution in [2.75, 3.05) is 5.01 Å². The number of furan rings is 1. The maximum Gasteiger partial charge on any atom is 0.282 e.